The number of benzene rings is 3. The molecule has 3 aromatic carbocycles. The quantitative estimate of drug-likeness (QED) is 0.424. The van der Waals surface area contributed by atoms with E-state index in [-0.39, 0.29) is 11.7 Å². The smallest absolute Gasteiger partial charge is 0.269 e. The zero-order valence-electron chi connectivity index (χ0n) is 17.6. The maximum atomic E-state index is 11.3. The van der Waals surface area contributed by atoms with Gasteiger partial charge in [0.1, 0.15) is 5.75 Å². The molecule has 0 spiro atoms. The molecular weight excluding hydrogens is 410 g/mol. The van der Waals surface area contributed by atoms with Crippen molar-refractivity contribution in [2.24, 2.45) is 5.10 Å². The van der Waals surface area contributed by atoms with E-state index in [4.69, 9.17) is 19.3 Å². The molecule has 2 aliphatic heterocycles. The molecule has 0 amide bonds. The van der Waals surface area contributed by atoms with E-state index in [2.05, 4.69) is 0 Å². The van der Waals surface area contributed by atoms with Crippen molar-refractivity contribution >= 4 is 11.4 Å². The van der Waals surface area contributed by atoms with Gasteiger partial charge in [0.25, 0.3) is 5.69 Å². The van der Waals surface area contributed by atoms with E-state index in [1.165, 1.54) is 12.1 Å². The Morgan fingerprint density at radius 1 is 1.06 bits per heavy atom. The number of fused-ring (bicyclic) bond motifs is 3. The van der Waals surface area contributed by atoms with Crippen molar-refractivity contribution in [2.45, 2.75) is 18.7 Å². The molecule has 5 rings (SSSR count). The van der Waals surface area contributed by atoms with Crippen LogP contribution in [0.4, 0.5) is 5.69 Å². The molecule has 2 heterocycles. The van der Waals surface area contributed by atoms with Gasteiger partial charge in [0.05, 0.1) is 30.9 Å². The highest BCUT2D eigenvalue weighted by Gasteiger charge is 2.42. The molecule has 8 heteroatoms. The minimum atomic E-state index is -0.626. The van der Waals surface area contributed by atoms with Gasteiger partial charge in [-0.05, 0) is 35.9 Å². The van der Waals surface area contributed by atoms with Crippen LogP contribution in [-0.2, 0) is 0 Å². The van der Waals surface area contributed by atoms with Gasteiger partial charge >= 0.3 is 0 Å². The number of nitro benzene ring substituents is 1. The summed E-state index contributed by atoms with van der Waals surface area (Å²) in [5.41, 5.74) is 3.53. The van der Waals surface area contributed by atoms with Gasteiger partial charge in [-0.2, -0.15) is 5.10 Å². The van der Waals surface area contributed by atoms with Crippen LogP contribution in [-0.4, -0.2) is 29.9 Å². The molecule has 0 radical (unpaired) electrons. The third-order valence-corrected chi connectivity index (χ3v) is 5.79. The van der Waals surface area contributed by atoms with Crippen molar-refractivity contribution < 1.29 is 19.1 Å². The van der Waals surface area contributed by atoms with Crippen LogP contribution in [0.25, 0.3) is 0 Å². The highest BCUT2D eigenvalue weighted by atomic mass is 16.6. The van der Waals surface area contributed by atoms with Gasteiger partial charge < -0.3 is 14.2 Å². The Bertz CT molecular complexity index is 1210. The summed E-state index contributed by atoms with van der Waals surface area (Å²) < 4.78 is 17.2. The molecular formula is C24H21N3O5. The predicted molar refractivity (Wildman–Crippen MR) is 118 cm³/mol. The van der Waals surface area contributed by atoms with E-state index in [0.29, 0.717) is 23.5 Å². The first-order valence-electron chi connectivity index (χ1n) is 10.2. The van der Waals surface area contributed by atoms with E-state index in [1.54, 1.807) is 20.3 Å². The van der Waals surface area contributed by atoms with Gasteiger partial charge in [-0.15, -0.1) is 0 Å². The maximum Gasteiger partial charge on any atom is 0.269 e. The molecule has 32 heavy (non-hydrogen) atoms. The summed E-state index contributed by atoms with van der Waals surface area (Å²) in [6, 6.07) is 19.9. The summed E-state index contributed by atoms with van der Waals surface area (Å²) in [5, 5.41) is 18.1. The molecule has 162 valence electrons. The Kier molecular flexibility index (Phi) is 4.89. The summed E-state index contributed by atoms with van der Waals surface area (Å²) in [6.45, 7) is 0. The van der Waals surface area contributed by atoms with Gasteiger partial charge in [-0.3, -0.25) is 10.1 Å². The van der Waals surface area contributed by atoms with Crippen LogP contribution in [0.2, 0.25) is 0 Å². The van der Waals surface area contributed by atoms with Crippen molar-refractivity contribution in [3.05, 3.63) is 93.5 Å². The number of para-hydroxylation sites is 1. The number of nitrogens with zero attached hydrogens (tertiary/aromatic N) is 3. The van der Waals surface area contributed by atoms with Crippen molar-refractivity contribution in [1.82, 2.24) is 5.01 Å². The van der Waals surface area contributed by atoms with Crippen molar-refractivity contribution in [3.63, 3.8) is 0 Å². The number of hydrazone groups is 1. The average molecular weight is 431 g/mol. The minimum absolute atomic E-state index is 0.00651. The second-order valence-electron chi connectivity index (χ2n) is 7.58. The Morgan fingerprint density at radius 3 is 2.56 bits per heavy atom. The van der Waals surface area contributed by atoms with Crippen LogP contribution in [0.5, 0.6) is 17.2 Å². The number of hydrogen-bond acceptors (Lipinski definition) is 7. The fraction of sp³-hybridized carbons (Fsp3) is 0.208. The summed E-state index contributed by atoms with van der Waals surface area (Å²) in [4.78, 5) is 10.9. The number of rotatable bonds is 5. The zero-order chi connectivity index (χ0) is 22.2. The van der Waals surface area contributed by atoms with Gasteiger partial charge in [-0.25, -0.2) is 5.01 Å². The van der Waals surface area contributed by atoms with Crippen LogP contribution >= 0.6 is 0 Å². The van der Waals surface area contributed by atoms with E-state index in [9.17, 15) is 10.1 Å². The topological polar surface area (TPSA) is 86.4 Å². The number of ether oxygens (including phenoxy) is 3. The highest BCUT2D eigenvalue weighted by molar-refractivity contribution is 6.02. The van der Waals surface area contributed by atoms with Gasteiger partial charge in [0, 0.05) is 29.7 Å². The van der Waals surface area contributed by atoms with E-state index in [0.717, 1.165) is 22.6 Å². The third kappa shape index (κ3) is 3.30. The Balaban J connectivity index is 1.60. The van der Waals surface area contributed by atoms with Gasteiger partial charge in [-0.1, -0.05) is 24.3 Å². The first-order chi connectivity index (χ1) is 15.6. The van der Waals surface area contributed by atoms with Crippen LogP contribution < -0.4 is 14.2 Å². The normalized spacial score (nSPS) is 18.8. The van der Waals surface area contributed by atoms with Crippen molar-refractivity contribution in [3.8, 4) is 17.2 Å². The maximum absolute atomic E-state index is 11.3. The SMILES string of the molecule is COc1ccc(C2=NN3[C@H](C2)c2cccc(OC)c2O[C@H]3c2cccc([N+](=O)[O-])c2)cc1. The summed E-state index contributed by atoms with van der Waals surface area (Å²) in [7, 11) is 3.23. The molecule has 0 unspecified atom stereocenters. The van der Waals surface area contributed by atoms with Crippen LogP contribution in [0.15, 0.2) is 71.8 Å². The molecule has 8 nitrogen and oxygen atoms in total. The lowest BCUT2D eigenvalue weighted by atomic mass is 9.95. The first kappa shape index (κ1) is 19.9. The summed E-state index contributed by atoms with van der Waals surface area (Å²) >= 11 is 0. The molecule has 3 aromatic rings. The number of nitro groups is 1. The number of methoxy groups -OCH3 is 2. The molecule has 0 fully saturated rings. The fourth-order valence-corrected chi connectivity index (χ4v) is 4.21. The first-order valence-corrected chi connectivity index (χ1v) is 10.2. The lowest BCUT2D eigenvalue weighted by Crippen LogP contribution is -2.33. The standard InChI is InChI=1S/C24H21N3O5/c1-30-18-11-9-15(10-12-18)20-14-21-19-7-4-8-22(31-2)23(19)32-24(26(21)25-20)16-5-3-6-17(13-16)27(28)29/h3-13,21,24H,14H2,1-2H3/t21-,24+/m1/s1. The van der Waals surface area contributed by atoms with Crippen LogP contribution in [0.1, 0.15) is 35.4 Å². The second kappa shape index (κ2) is 7.88. The van der Waals surface area contributed by atoms with Gasteiger partial charge in [0.2, 0.25) is 6.23 Å². The van der Waals surface area contributed by atoms with E-state index >= 15 is 0 Å². The number of hydrogen-bond donors (Lipinski definition) is 0. The lowest BCUT2D eigenvalue weighted by molar-refractivity contribution is -0.385. The summed E-state index contributed by atoms with van der Waals surface area (Å²) in [6.07, 6.45) is 0.0424. The Hall–Kier alpha value is -4.07. The number of non-ortho nitro benzene ring substituents is 1. The highest BCUT2D eigenvalue weighted by Crippen LogP contribution is 2.50. The molecule has 2 aliphatic rings. The predicted octanol–water partition coefficient (Wildman–Crippen LogP) is 4.85. The van der Waals surface area contributed by atoms with Crippen molar-refractivity contribution in [1.29, 1.82) is 0 Å². The molecule has 2 atom stereocenters. The molecule has 0 bridgehead atoms. The van der Waals surface area contributed by atoms with Crippen molar-refractivity contribution in [2.75, 3.05) is 14.2 Å². The van der Waals surface area contributed by atoms with E-state index < -0.39 is 11.2 Å². The second-order valence-corrected chi connectivity index (χ2v) is 7.58. The largest absolute Gasteiger partial charge is 0.497 e. The monoisotopic (exact) mass is 431 g/mol. The van der Waals surface area contributed by atoms with Crippen LogP contribution in [0, 0.1) is 10.1 Å². The molecule has 0 aromatic heterocycles. The summed E-state index contributed by atoms with van der Waals surface area (Å²) in [5.74, 6) is 2.03. The Labute approximate surface area is 184 Å². The molecule has 0 aliphatic carbocycles. The lowest BCUT2D eigenvalue weighted by Gasteiger charge is -2.38. The molecule has 0 saturated heterocycles. The minimum Gasteiger partial charge on any atom is -0.497 e. The third-order valence-electron chi connectivity index (χ3n) is 5.79. The Morgan fingerprint density at radius 2 is 1.84 bits per heavy atom. The fourth-order valence-electron chi connectivity index (χ4n) is 4.21. The van der Waals surface area contributed by atoms with Gasteiger partial charge in [0.15, 0.2) is 11.5 Å². The van der Waals surface area contributed by atoms with E-state index in [1.807, 2.05) is 53.5 Å². The van der Waals surface area contributed by atoms with Crippen LogP contribution in [0.3, 0.4) is 0 Å². The molecule has 0 N–H and O–H groups in total. The average Bonchev–Trinajstić information content (AvgIpc) is 3.29. The molecule has 0 saturated carbocycles. The zero-order valence-corrected chi connectivity index (χ0v) is 17.6.